The van der Waals surface area contributed by atoms with Crippen molar-refractivity contribution in [1.82, 2.24) is 4.90 Å². The van der Waals surface area contributed by atoms with Crippen molar-refractivity contribution in [3.63, 3.8) is 0 Å². The van der Waals surface area contributed by atoms with E-state index in [1.54, 1.807) is 14.2 Å². The van der Waals surface area contributed by atoms with Gasteiger partial charge in [0.2, 0.25) is 0 Å². The third-order valence-corrected chi connectivity index (χ3v) is 6.55. The Morgan fingerprint density at radius 3 is 2.07 bits per heavy atom. The summed E-state index contributed by atoms with van der Waals surface area (Å²) in [5.41, 5.74) is 4.13. The number of ether oxygens (including phenoxy) is 2. The second-order valence-electron chi connectivity index (χ2n) is 8.15. The molecular formula is C27H27NO2. The van der Waals surface area contributed by atoms with Crippen molar-refractivity contribution in [2.45, 2.75) is 18.9 Å². The molecule has 5 rings (SSSR count). The predicted molar refractivity (Wildman–Crippen MR) is 124 cm³/mol. The molecule has 1 aliphatic heterocycles. The number of rotatable bonds is 4. The number of benzene rings is 4. The molecule has 0 saturated heterocycles. The molecule has 0 aliphatic carbocycles. The first-order valence-electron chi connectivity index (χ1n) is 10.5. The lowest BCUT2D eigenvalue weighted by Gasteiger charge is -2.36. The van der Waals surface area contributed by atoms with Gasteiger partial charge < -0.3 is 9.47 Å². The van der Waals surface area contributed by atoms with E-state index < -0.39 is 0 Å². The number of hydrogen-bond acceptors (Lipinski definition) is 3. The van der Waals surface area contributed by atoms with Crippen LogP contribution in [0.5, 0.6) is 11.5 Å². The van der Waals surface area contributed by atoms with Crippen LogP contribution in [0.4, 0.5) is 0 Å². The Balaban J connectivity index is 1.69. The van der Waals surface area contributed by atoms with E-state index in [9.17, 15) is 0 Å². The summed E-state index contributed by atoms with van der Waals surface area (Å²) in [6.45, 7) is 1.04. The van der Waals surface area contributed by atoms with Crippen molar-refractivity contribution in [2.24, 2.45) is 0 Å². The third-order valence-electron chi connectivity index (χ3n) is 6.55. The average Bonchev–Trinajstić information content (AvgIpc) is 2.79. The molecule has 1 heterocycles. The summed E-state index contributed by atoms with van der Waals surface area (Å²) in [6.07, 6.45) is 1.99. The summed E-state index contributed by atoms with van der Waals surface area (Å²) < 4.78 is 11.2. The minimum absolute atomic E-state index is 0.294. The molecule has 3 nitrogen and oxygen atoms in total. The van der Waals surface area contributed by atoms with E-state index in [1.165, 1.54) is 38.2 Å². The van der Waals surface area contributed by atoms with Gasteiger partial charge in [-0.1, -0.05) is 48.5 Å². The molecular weight excluding hydrogens is 370 g/mol. The van der Waals surface area contributed by atoms with Gasteiger partial charge in [-0.05, 0) is 76.3 Å². The molecule has 4 aromatic carbocycles. The summed E-state index contributed by atoms with van der Waals surface area (Å²) >= 11 is 0. The highest BCUT2D eigenvalue weighted by molar-refractivity contribution is 6.02. The molecule has 0 radical (unpaired) electrons. The van der Waals surface area contributed by atoms with Crippen LogP contribution in [0.25, 0.3) is 21.5 Å². The van der Waals surface area contributed by atoms with Gasteiger partial charge in [0, 0.05) is 12.6 Å². The van der Waals surface area contributed by atoms with Gasteiger partial charge in [0.25, 0.3) is 0 Å². The molecule has 0 spiro atoms. The minimum Gasteiger partial charge on any atom is -0.493 e. The smallest absolute Gasteiger partial charge is 0.161 e. The van der Waals surface area contributed by atoms with Crippen LogP contribution in [-0.4, -0.2) is 32.7 Å². The summed E-state index contributed by atoms with van der Waals surface area (Å²) in [6, 6.07) is 24.4. The fraction of sp³-hybridized carbons (Fsp3) is 0.259. The van der Waals surface area contributed by atoms with Gasteiger partial charge in [-0.25, -0.2) is 0 Å². The zero-order valence-corrected chi connectivity index (χ0v) is 17.8. The molecule has 0 fully saturated rings. The van der Waals surface area contributed by atoms with Gasteiger partial charge in [0.15, 0.2) is 11.5 Å². The number of likely N-dealkylation sites (N-methyl/N-ethyl adjacent to an activating group) is 1. The van der Waals surface area contributed by atoms with E-state index >= 15 is 0 Å². The highest BCUT2D eigenvalue weighted by Gasteiger charge is 2.28. The fourth-order valence-corrected chi connectivity index (χ4v) is 4.94. The Labute approximate surface area is 177 Å². The van der Waals surface area contributed by atoms with Crippen molar-refractivity contribution in [3.05, 3.63) is 83.4 Å². The van der Waals surface area contributed by atoms with Crippen molar-refractivity contribution in [2.75, 3.05) is 27.8 Å². The molecule has 0 bridgehead atoms. The van der Waals surface area contributed by atoms with Gasteiger partial charge in [0.05, 0.1) is 14.2 Å². The van der Waals surface area contributed by atoms with Crippen LogP contribution in [0.2, 0.25) is 0 Å². The quantitative estimate of drug-likeness (QED) is 0.407. The average molecular weight is 398 g/mol. The van der Waals surface area contributed by atoms with Crippen LogP contribution >= 0.6 is 0 Å². The topological polar surface area (TPSA) is 21.7 Å². The van der Waals surface area contributed by atoms with Gasteiger partial charge in [0.1, 0.15) is 0 Å². The van der Waals surface area contributed by atoms with E-state index in [-0.39, 0.29) is 0 Å². The minimum atomic E-state index is 0.294. The molecule has 0 amide bonds. The molecule has 30 heavy (non-hydrogen) atoms. The zero-order chi connectivity index (χ0) is 20.7. The van der Waals surface area contributed by atoms with Crippen molar-refractivity contribution in [1.29, 1.82) is 0 Å². The van der Waals surface area contributed by atoms with E-state index in [4.69, 9.17) is 9.47 Å². The maximum atomic E-state index is 5.63. The van der Waals surface area contributed by atoms with Gasteiger partial charge in [-0.15, -0.1) is 0 Å². The molecule has 4 aromatic rings. The first-order valence-corrected chi connectivity index (χ1v) is 10.5. The second-order valence-corrected chi connectivity index (χ2v) is 8.15. The van der Waals surface area contributed by atoms with Crippen LogP contribution in [-0.2, 0) is 12.8 Å². The van der Waals surface area contributed by atoms with E-state index in [0.717, 1.165) is 30.9 Å². The Bertz CT molecular complexity index is 1180. The molecule has 3 heteroatoms. The maximum absolute atomic E-state index is 5.63. The molecule has 0 saturated carbocycles. The molecule has 1 atom stereocenters. The molecule has 0 aromatic heterocycles. The van der Waals surface area contributed by atoms with E-state index in [1.807, 2.05) is 0 Å². The van der Waals surface area contributed by atoms with Crippen LogP contribution < -0.4 is 9.47 Å². The summed E-state index contributed by atoms with van der Waals surface area (Å²) in [4.78, 5) is 2.48. The van der Waals surface area contributed by atoms with Crippen molar-refractivity contribution >= 4 is 21.5 Å². The predicted octanol–water partition coefficient (Wildman–Crippen LogP) is 5.78. The van der Waals surface area contributed by atoms with Gasteiger partial charge in [-0.2, -0.15) is 0 Å². The van der Waals surface area contributed by atoms with Gasteiger partial charge in [-0.3, -0.25) is 4.90 Å². The Morgan fingerprint density at radius 1 is 0.833 bits per heavy atom. The molecule has 152 valence electrons. The third kappa shape index (κ3) is 3.10. The van der Waals surface area contributed by atoms with Crippen LogP contribution in [0.15, 0.2) is 66.7 Å². The first-order chi connectivity index (χ1) is 14.7. The number of hydrogen-bond donors (Lipinski definition) is 0. The summed E-state index contributed by atoms with van der Waals surface area (Å²) in [7, 11) is 5.65. The number of methoxy groups -OCH3 is 2. The zero-order valence-electron chi connectivity index (χ0n) is 17.8. The number of fused-ring (bicyclic) bond motifs is 3. The molecule has 0 unspecified atom stereocenters. The normalized spacial score (nSPS) is 16.6. The van der Waals surface area contributed by atoms with Crippen LogP contribution in [0, 0.1) is 0 Å². The Hall–Kier alpha value is -3.04. The van der Waals surface area contributed by atoms with E-state index in [0.29, 0.717) is 6.04 Å². The lowest BCUT2D eigenvalue weighted by Crippen LogP contribution is -2.33. The molecule has 1 aliphatic rings. The lowest BCUT2D eigenvalue weighted by molar-refractivity contribution is 0.228. The molecule has 0 N–H and O–H groups in total. The van der Waals surface area contributed by atoms with Crippen LogP contribution in [0.1, 0.15) is 22.7 Å². The van der Waals surface area contributed by atoms with Gasteiger partial charge >= 0.3 is 0 Å². The Kier molecular flexibility index (Phi) is 4.84. The lowest BCUT2D eigenvalue weighted by atomic mass is 9.85. The first kappa shape index (κ1) is 19.0. The standard InChI is InChI=1S/C27H27NO2/c1-28-13-12-20-15-26(29-2)27(30-3)17-23(20)25(28)16-24-21-10-6-4-8-18(21)14-19-9-5-7-11-22(19)24/h4-11,14-15,17,25H,12-13,16H2,1-3H3/t25-/m1/s1. The van der Waals surface area contributed by atoms with Crippen molar-refractivity contribution in [3.8, 4) is 11.5 Å². The monoisotopic (exact) mass is 397 g/mol. The summed E-state index contributed by atoms with van der Waals surface area (Å²) in [5.74, 6) is 1.62. The Morgan fingerprint density at radius 2 is 1.43 bits per heavy atom. The fourth-order valence-electron chi connectivity index (χ4n) is 4.94. The highest BCUT2D eigenvalue weighted by atomic mass is 16.5. The summed E-state index contributed by atoms with van der Waals surface area (Å²) in [5, 5.41) is 5.30. The highest BCUT2D eigenvalue weighted by Crippen LogP contribution is 2.40. The SMILES string of the molecule is COc1cc2c(cc1OC)[C@@H](Cc1c3ccccc3cc3ccccc13)N(C)CC2. The number of nitrogens with zero attached hydrogens (tertiary/aromatic N) is 1. The van der Waals surface area contributed by atoms with E-state index in [2.05, 4.69) is 78.7 Å². The largest absolute Gasteiger partial charge is 0.493 e. The second kappa shape index (κ2) is 7.66. The maximum Gasteiger partial charge on any atom is 0.161 e. The van der Waals surface area contributed by atoms with Crippen LogP contribution in [0.3, 0.4) is 0 Å². The van der Waals surface area contributed by atoms with Crippen molar-refractivity contribution < 1.29 is 9.47 Å².